The van der Waals surface area contributed by atoms with Gasteiger partial charge in [0.05, 0.1) is 41.6 Å². The number of aromatic nitrogens is 1. The van der Waals surface area contributed by atoms with Gasteiger partial charge in [0.15, 0.2) is 16.9 Å². The minimum Gasteiger partial charge on any atom is -0.493 e. The highest BCUT2D eigenvalue weighted by Gasteiger charge is 2.47. The van der Waals surface area contributed by atoms with Crippen LogP contribution in [0.25, 0.3) is 10.1 Å². The van der Waals surface area contributed by atoms with Gasteiger partial charge in [0.2, 0.25) is 5.91 Å². The molecule has 0 radical (unpaired) electrons. The molecule has 2 aromatic heterocycles. The summed E-state index contributed by atoms with van der Waals surface area (Å²) in [6.07, 6.45) is 2.73. The largest absolute Gasteiger partial charge is 0.493 e. The van der Waals surface area contributed by atoms with Gasteiger partial charge in [-0.3, -0.25) is 33.3 Å². The number of rotatable bonds is 20. The predicted octanol–water partition coefficient (Wildman–Crippen LogP) is 6.79. The number of nitrogens with one attached hydrogen (secondary N) is 4. The smallest absolute Gasteiger partial charge is 0.333 e. The number of nitrogens with zero attached hydrogens (tertiary/aromatic N) is 3. The summed E-state index contributed by atoms with van der Waals surface area (Å²) in [6, 6.07) is 17.7. The Balaban J connectivity index is 0.788. The summed E-state index contributed by atoms with van der Waals surface area (Å²) in [5, 5.41) is 11.3. The molecule has 0 saturated carbocycles. The van der Waals surface area contributed by atoms with Crippen molar-refractivity contribution in [2.24, 2.45) is 7.05 Å². The summed E-state index contributed by atoms with van der Waals surface area (Å²) in [5.41, 5.74) is 2.75. The zero-order valence-corrected chi connectivity index (χ0v) is 42.7. The van der Waals surface area contributed by atoms with Crippen LogP contribution in [0.3, 0.4) is 0 Å². The molecular formula is C48H51N7O13S4. The number of amides is 6. The zero-order valence-electron chi connectivity index (χ0n) is 39.5. The number of carbonyl (C=O) groups is 7. The van der Waals surface area contributed by atoms with Crippen molar-refractivity contribution in [2.75, 3.05) is 46.9 Å². The van der Waals surface area contributed by atoms with Crippen LogP contribution in [-0.4, -0.2) is 106 Å². The standard InChI is InChI=1S/C48H51N7O13S4/c1-48(2,71-69-18-8-12-43(59)68-55-41(57)15-16-42(55)58)26-49-45(61)39-21-28-19-29(13-14-38(28)70-39)51-44(60)34-22-30(25-53(34)3)50-40(56)11-7-17-67-37-24-32-31(23-36(37)66-4)47(62)54-33-10-6-5-9-27(33)20-35(54)46(52-32)72(63,64)65/h5-6,9-10,13-14,19,21-25,35,46,52H,7-8,11-12,15-18,20,26H2,1-4H3,(H,49,61)(H,50,56)(H,51,60)(H,63,64,65)/t35-,46?/m0/s1. The number of benzene rings is 3. The molecule has 1 fully saturated rings. The number of hydrogen-bond acceptors (Lipinski definition) is 16. The first-order valence-electron chi connectivity index (χ1n) is 22.7. The minimum atomic E-state index is -4.69. The maximum absolute atomic E-state index is 14.0. The third-order valence-electron chi connectivity index (χ3n) is 11.8. The predicted molar refractivity (Wildman–Crippen MR) is 274 cm³/mol. The van der Waals surface area contributed by atoms with Gasteiger partial charge in [0, 0.05) is 78.1 Å². The van der Waals surface area contributed by atoms with Crippen LogP contribution in [0, 0.1) is 0 Å². The van der Waals surface area contributed by atoms with E-state index in [9.17, 15) is 46.5 Å². The SMILES string of the molecule is COc1cc2c(cc1OCCCC(=O)Nc1cc(C(=O)Nc3ccc4sc(C(=O)NCC(C)(C)SSCCCC(=O)ON5C(=O)CCC5=O)cc4c3)n(C)c1)NC(S(=O)(=O)O)[C@@H]1Cc3ccccc3N1C2=O. The van der Waals surface area contributed by atoms with Crippen molar-refractivity contribution in [1.29, 1.82) is 0 Å². The summed E-state index contributed by atoms with van der Waals surface area (Å²) in [6.45, 7) is 4.39. The first kappa shape index (κ1) is 51.7. The van der Waals surface area contributed by atoms with Crippen molar-refractivity contribution in [3.05, 3.63) is 94.6 Å². The van der Waals surface area contributed by atoms with Crippen LogP contribution in [0.2, 0.25) is 0 Å². The van der Waals surface area contributed by atoms with Gasteiger partial charge in [-0.1, -0.05) is 39.8 Å². The molecule has 5 heterocycles. The van der Waals surface area contributed by atoms with E-state index < -0.39 is 51.1 Å². The van der Waals surface area contributed by atoms with Crippen LogP contribution in [0.1, 0.15) is 88.5 Å². The Hall–Kier alpha value is -6.60. The molecule has 24 heteroatoms. The number of fused-ring (bicyclic) bond motifs is 5. The average Bonchev–Trinajstić information content (AvgIpc) is 4.10. The molecule has 5 aromatic rings. The molecule has 1 unspecified atom stereocenters. The van der Waals surface area contributed by atoms with E-state index in [4.69, 9.17) is 14.3 Å². The van der Waals surface area contributed by atoms with Gasteiger partial charge in [-0.05, 0) is 86.5 Å². The normalized spacial score (nSPS) is 16.4. The molecule has 3 aliphatic heterocycles. The lowest BCUT2D eigenvalue weighted by Crippen LogP contribution is -2.49. The summed E-state index contributed by atoms with van der Waals surface area (Å²) >= 11 is 1.32. The number of hydroxylamine groups is 2. The number of anilines is 4. The molecule has 5 N–H and O–H groups in total. The number of thiophene rings is 1. The zero-order chi connectivity index (χ0) is 51.5. The van der Waals surface area contributed by atoms with Crippen LogP contribution in [0.15, 0.2) is 72.9 Å². The molecule has 2 atom stereocenters. The van der Waals surface area contributed by atoms with E-state index in [1.54, 1.807) is 71.1 Å². The molecule has 0 aliphatic carbocycles. The van der Waals surface area contributed by atoms with Gasteiger partial charge in [-0.2, -0.15) is 8.42 Å². The molecule has 72 heavy (non-hydrogen) atoms. The van der Waals surface area contributed by atoms with E-state index in [1.807, 2.05) is 26.0 Å². The van der Waals surface area contributed by atoms with Crippen molar-refractivity contribution >= 4 is 117 Å². The van der Waals surface area contributed by atoms with Gasteiger partial charge in [-0.15, -0.1) is 16.4 Å². The van der Waals surface area contributed by atoms with Gasteiger partial charge < -0.3 is 45.0 Å². The van der Waals surface area contributed by atoms with E-state index >= 15 is 0 Å². The van der Waals surface area contributed by atoms with Crippen LogP contribution in [-0.2, 0) is 47.6 Å². The Labute approximate surface area is 426 Å². The van der Waals surface area contributed by atoms with Crippen molar-refractivity contribution in [3.63, 3.8) is 0 Å². The maximum Gasteiger partial charge on any atom is 0.333 e. The Morgan fingerprint density at radius 3 is 2.43 bits per heavy atom. The van der Waals surface area contributed by atoms with Crippen LogP contribution >= 0.6 is 32.9 Å². The fourth-order valence-corrected chi connectivity index (χ4v) is 12.7. The van der Waals surface area contributed by atoms with Crippen molar-refractivity contribution in [3.8, 4) is 11.5 Å². The highest BCUT2D eigenvalue weighted by molar-refractivity contribution is 8.77. The third kappa shape index (κ3) is 11.8. The topological polar surface area (TPSA) is 261 Å². The molecule has 0 bridgehead atoms. The first-order valence-corrected chi connectivity index (χ1v) is 27.4. The Kier molecular flexibility index (Phi) is 15.5. The van der Waals surface area contributed by atoms with Crippen molar-refractivity contribution in [2.45, 2.75) is 75.0 Å². The Bertz CT molecular complexity index is 3080. The first-order chi connectivity index (χ1) is 34.3. The molecule has 20 nitrogen and oxygen atoms in total. The second-order valence-corrected chi connectivity index (χ2v) is 23.5. The number of imide groups is 1. The highest BCUT2D eigenvalue weighted by atomic mass is 33.1. The van der Waals surface area contributed by atoms with Crippen LogP contribution < -0.4 is 35.6 Å². The third-order valence-corrected chi connectivity index (χ3v) is 17.4. The highest BCUT2D eigenvalue weighted by Crippen LogP contribution is 2.43. The number of methoxy groups -OCH3 is 1. The van der Waals surface area contributed by atoms with Gasteiger partial charge in [0.25, 0.3) is 39.7 Å². The second kappa shape index (κ2) is 21.6. The van der Waals surface area contributed by atoms with Crippen molar-refractivity contribution in [1.82, 2.24) is 14.9 Å². The lowest BCUT2D eigenvalue weighted by molar-refractivity contribution is -0.197. The average molecular weight is 1060 g/mol. The quantitative estimate of drug-likeness (QED) is 0.0233. The van der Waals surface area contributed by atoms with E-state index in [2.05, 4.69) is 21.3 Å². The van der Waals surface area contributed by atoms with E-state index in [-0.39, 0.29) is 90.1 Å². The number of para-hydroxylation sites is 1. The molecule has 380 valence electrons. The Morgan fingerprint density at radius 1 is 0.917 bits per heavy atom. The lowest BCUT2D eigenvalue weighted by atomic mass is 10.1. The summed E-state index contributed by atoms with van der Waals surface area (Å²) in [7, 11) is 1.49. The summed E-state index contributed by atoms with van der Waals surface area (Å²) in [4.78, 5) is 95.8. The molecule has 6 amide bonds. The fraction of sp³-hybridized carbons (Fsp3) is 0.354. The number of carbonyl (C=O) groups excluding carboxylic acids is 7. The van der Waals surface area contributed by atoms with E-state index in [1.165, 1.54) is 46.3 Å². The summed E-state index contributed by atoms with van der Waals surface area (Å²) < 4.78 is 49.2. The van der Waals surface area contributed by atoms with Gasteiger partial charge in [-0.25, -0.2) is 4.79 Å². The van der Waals surface area contributed by atoms with E-state index in [0.717, 1.165) is 15.6 Å². The molecular weight excluding hydrogens is 1010 g/mol. The van der Waals surface area contributed by atoms with Crippen LogP contribution in [0.4, 0.5) is 22.7 Å². The van der Waals surface area contributed by atoms with Crippen LogP contribution in [0.5, 0.6) is 11.5 Å². The Morgan fingerprint density at radius 2 is 1.68 bits per heavy atom. The molecule has 3 aliphatic rings. The minimum absolute atomic E-state index is 0.0375. The van der Waals surface area contributed by atoms with Crippen molar-refractivity contribution < 1.29 is 60.8 Å². The second-order valence-electron chi connectivity index (χ2n) is 17.7. The number of aryl methyl sites for hydroxylation is 1. The van der Waals surface area contributed by atoms with Gasteiger partial charge in [0.1, 0.15) is 5.69 Å². The lowest BCUT2D eigenvalue weighted by Gasteiger charge is -2.27. The number of ether oxygens (including phenoxy) is 2. The number of hydrogen-bond donors (Lipinski definition) is 5. The van der Waals surface area contributed by atoms with Gasteiger partial charge >= 0.3 is 5.97 Å². The summed E-state index contributed by atoms with van der Waals surface area (Å²) in [5.74, 6) is -2.15. The molecule has 0 spiro atoms. The van der Waals surface area contributed by atoms with E-state index in [0.29, 0.717) is 45.7 Å². The molecule has 1 saturated heterocycles. The molecule has 8 rings (SSSR count). The monoisotopic (exact) mass is 1060 g/mol. The maximum atomic E-state index is 14.0. The fourth-order valence-electron chi connectivity index (χ4n) is 8.31. The molecule has 3 aromatic carbocycles.